The minimum Gasteiger partial charge on any atom is -0.480 e. The van der Waals surface area contributed by atoms with E-state index >= 15 is 0 Å². The van der Waals surface area contributed by atoms with Crippen LogP contribution in [0.2, 0.25) is 0 Å². The molecule has 0 aliphatic heterocycles. The molecule has 6 heteroatoms. The highest BCUT2D eigenvalue weighted by Gasteiger charge is 2.11. The van der Waals surface area contributed by atoms with Crippen LogP contribution in [0.1, 0.15) is 142 Å². The van der Waals surface area contributed by atoms with Gasteiger partial charge >= 0.3 is 11.9 Å². The second kappa shape index (κ2) is 33.7. The summed E-state index contributed by atoms with van der Waals surface area (Å²) in [6.07, 6.45) is 44.6. The van der Waals surface area contributed by atoms with Crippen molar-refractivity contribution in [1.29, 1.82) is 0 Å². The first-order chi connectivity index (χ1) is 22.0. The highest BCUT2D eigenvalue weighted by atomic mass is 16.5. The van der Waals surface area contributed by atoms with Crippen molar-refractivity contribution in [2.24, 2.45) is 0 Å². The number of esters is 1. The minimum absolute atomic E-state index is 0.142. The second-order valence-corrected chi connectivity index (χ2v) is 11.4. The summed E-state index contributed by atoms with van der Waals surface area (Å²) in [4.78, 5) is 34.8. The number of carbonyl (C=O) groups is 3. The quantitative estimate of drug-likeness (QED) is 0.0471. The maximum absolute atomic E-state index is 12.6. The van der Waals surface area contributed by atoms with Crippen LogP contribution in [0.25, 0.3) is 0 Å². The lowest BCUT2D eigenvalue weighted by Gasteiger charge is -2.14. The van der Waals surface area contributed by atoms with Crippen molar-refractivity contribution in [2.75, 3.05) is 6.54 Å². The van der Waals surface area contributed by atoms with Crippen LogP contribution in [0, 0.1) is 0 Å². The molecular formula is C39H63NO5. The standard InChI is InChI=1S/C39H63NO5/c1-3-5-7-9-11-13-14-15-16-17-18-20-22-24-30-34-39(44)45-36(31-27-23-21-19-12-10-8-6-4-2)32-28-25-26-29-33-37(41)40-35-38(42)43/h5,7,11,13,15-16,18-21,27,31,36H,3-4,6,8-10,12,14,17,22-26,28-30,32-35H2,1-2H3,(H,40,41)(H,42,43)/b7-5-,13-11-,16-15-,20-18-,21-19-,31-27-. The number of carboxylic acid groups (broad SMARTS) is 1. The van der Waals surface area contributed by atoms with Crippen molar-refractivity contribution in [3.8, 4) is 0 Å². The Hall–Kier alpha value is -3.15. The summed E-state index contributed by atoms with van der Waals surface area (Å²) in [7, 11) is 0. The molecule has 0 spiro atoms. The number of ether oxygens (including phenoxy) is 1. The number of carbonyl (C=O) groups excluding carboxylic acids is 2. The molecule has 0 radical (unpaired) electrons. The summed E-state index contributed by atoms with van der Waals surface area (Å²) in [5.74, 6) is -1.41. The second-order valence-electron chi connectivity index (χ2n) is 11.4. The first kappa shape index (κ1) is 41.9. The Morgan fingerprint density at radius 3 is 1.78 bits per heavy atom. The summed E-state index contributed by atoms with van der Waals surface area (Å²) in [5, 5.41) is 11.0. The van der Waals surface area contributed by atoms with Gasteiger partial charge in [-0.15, -0.1) is 0 Å². The van der Waals surface area contributed by atoms with E-state index < -0.39 is 5.97 Å². The van der Waals surface area contributed by atoms with Crippen LogP contribution in [0.5, 0.6) is 0 Å². The van der Waals surface area contributed by atoms with E-state index in [4.69, 9.17) is 9.84 Å². The lowest BCUT2D eigenvalue weighted by molar-refractivity contribution is -0.147. The maximum Gasteiger partial charge on any atom is 0.322 e. The Morgan fingerprint density at radius 2 is 1.16 bits per heavy atom. The summed E-state index contributed by atoms with van der Waals surface area (Å²) in [5.41, 5.74) is 0. The molecule has 0 aromatic carbocycles. The molecule has 1 amide bonds. The molecule has 0 bridgehead atoms. The van der Waals surface area contributed by atoms with Crippen LogP contribution in [-0.4, -0.2) is 35.6 Å². The lowest BCUT2D eigenvalue weighted by Crippen LogP contribution is -2.28. The van der Waals surface area contributed by atoms with Gasteiger partial charge < -0.3 is 15.2 Å². The highest BCUT2D eigenvalue weighted by Crippen LogP contribution is 2.14. The van der Waals surface area contributed by atoms with E-state index in [0.717, 1.165) is 83.5 Å². The number of carboxylic acids is 1. The Labute approximate surface area is 274 Å². The van der Waals surface area contributed by atoms with Gasteiger partial charge in [-0.25, -0.2) is 0 Å². The van der Waals surface area contributed by atoms with Gasteiger partial charge in [-0.2, -0.15) is 0 Å². The normalized spacial score (nSPS) is 12.9. The number of aliphatic carboxylic acids is 1. The number of allylic oxidation sites excluding steroid dienone is 11. The van der Waals surface area contributed by atoms with Gasteiger partial charge in [0.25, 0.3) is 0 Å². The molecule has 0 heterocycles. The molecule has 6 nitrogen and oxygen atoms in total. The minimum atomic E-state index is -1.04. The van der Waals surface area contributed by atoms with Crippen LogP contribution in [0.3, 0.4) is 0 Å². The fourth-order valence-electron chi connectivity index (χ4n) is 4.51. The van der Waals surface area contributed by atoms with Crippen molar-refractivity contribution in [1.82, 2.24) is 5.32 Å². The van der Waals surface area contributed by atoms with Gasteiger partial charge in [0.05, 0.1) is 0 Å². The average Bonchev–Trinajstić information content (AvgIpc) is 3.02. The van der Waals surface area contributed by atoms with Crippen molar-refractivity contribution in [3.63, 3.8) is 0 Å². The molecule has 45 heavy (non-hydrogen) atoms. The third-order valence-electron chi connectivity index (χ3n) is 7.10. The van der Waals surface area contributed by atoms with Crippen LogP contribution < -0.4 is 5.32 Å². The van der Waals surface area contributed by atoms with Crippen molar-refractivity contribution in [2.45, 2.75) is 148 Å². The molecule has 1 atom stereocenters. The first-order valence-corrected chi connectivity index (χ1v) is 17.6. The SMILES string of the molecule is CC/C=C\C/C=C\C/C=C\C/C=C\CCCCC(=O)OC(/C=C\C/C=C\CCCCCC)CCCCCCC(=O)NCC(=O)O. The third-order valence-corrected chi connectivity index (χ3v) is 7.10. The molecule has 0 saturated heterocycles. The van der Waals surface area contributed by atoms with Crippen molar-refractivity contribution >= 4 is 17.8 Å². The maximum atomic E-state index is 12.6. The molecule has 2 N–H and O–H groups in total. The predicted octanol–water partition coefficient (Wildman–Crippen LogP) is 10.3. The summed E-state index contributed by atoms with van der Waals surface area (Å²) in [6.45, 7) is 4.03. The van der Waals surface area contributed by atoms with Gasteiger partial charge in [0.2, 0.25) is 5.91 Å². The van der Waals surface area contributed by atoms with Crippen LogP contribution in [0.4, 0.5) is 0 Å². The van der Waals surface area contributed by atoms with Gasteiger partial charge in [0.15, 0.2) is 0 Å². The van der Waals surface area contributed by atoms with Gasteiger partial charge in [0, 0.05) is 12.8 Å². The Kier molecular flexibility index (Phi) is 31.4. The van der Waals surface area contributed by atoms with Gasteiger partial charge in [-0.05, 0) is 89.5 Å². The Balaban J connectivity index is 4.36. The van der Waals surface area contributed by atoms with E-state index in [0.29, 0.717) is 19.3 Å². The van der Waals surface area contributed by atoms with E-state index in [1.165, 1.54) is 25.7 Å². The molecular weight excluding hydrogens is 562 g/mol. The highest BCUT2D eigenvalue weighted by molar-refractivity contribution is 5.80. The van der Waals surface area contributed by atoms with Gasteiger partial charge in [0.1, 0.15) is 12.6 Å². The molecule has 0 rings (SSSR count). The number of rotatable bonds is 30. The van der Waals surface area contributed by atoms with E-state index in [1.54, 1.807) is 0 Å². The van der Waals surface area contributed by atoms with Crippen LogP contribution in [-0.2, 0) is 19.1 Å². The summed E-state index contributed by atoms with van der Waals surface area (Å²) in [6, 6.07) is 0. The molecule has 0 aromatic heterocycles. The monoisotopic (exact) mass is 625 g/mol. The van der Waals surface area contributed by atoms with Crippen molar-refractivity contribution < 1.29 is 24.2 Å². The average molecular weight is 626 g/mol. The third kappa shape index (κ3) is 33.6. The number of hydrogen-bond donors (Lipinski definition) is 2. The fourth-order valence-corrected chi connectivity index (χ4v) is 4.51. The smallest absolute Gasteiger partial charge is 0.322 e. The van der Waals surface area contributed by atoms with E-state index in [1.807, 2.05) is 6.08 Å². The predicted molar refractivity (Wildman–Crippen MR) is 189 cm³/mol. The zero-order chi connectivity index (χ0) is 33.1. The van der Waals surface area contributed by atoms with E-state index in [-0.39, 0.29) is 24.5 Å². The fraction of sp³-hybridized carbons (Fsp3) is 0.615. The molecule has 0 aromatic rings. The van der Waals surface area contributed by atoms with Crippen molar-refractivity contribution in [3.05, 3.63) is 72.9 Å². The number of unbranched alkanes of at least 4 members (excludes halogenated alkanes) is 9. The Bertz CT molecular complexity index is 912. The van der Waals surface area contributed by atoms with Gasteiger partial charge in [-0.3, -0.25) is 14.4 Å². The molecule has 1 unspecified atom stereocenters. The summed E-state index contributed by atoms with van der Waals surface area (Å²) >= 11 is 0. The largest absolute Gasteiger partial charge is 0.480 e. The molecule has 0 saturated carbocycles. The summed E-state index contributed by atoms with van der Waals surface area (Å²) < 4.78 is 5.83. The van der Waals surface area contributed by atoms with Crippen LogP contribution in [0.15, 0.2) is 72.9 Å². The number of nitrogens with one attached hydrogen (secondary N) is 1. The molecule has 0 fully saturated rings. The number of hydrogen-bond acceptors (Lipinski definition) is 4. The molecule has 0 aliphatic carbocycles. The van der Waals surface area contributed by atoms with Gasteiger partial charge in [-0.1, -0.05) is 113 Å². The zero-order valence-corrected chi connectivity index (χ0v) is 28.4. The van der Waals surface area contributed by atoms with E-state index in [9.17, 15) is 14.4 Å². The van der Waals surface area contributed by atoms with E-state index in [2.05, 4.69) is 86.0 Å². The number of amides is 1. The Morgan fingerprint density at radius 1 is 0.622 bits per heavy atom. The first-order valence-electron chi connectivity index (χ1n) is 17.6. The zero-order valence-electron chi connectivity index (χ0n) is 28.4. The molecule has 254 valence electrons. The topological polar surface area (TPSA) is 92.7 Å². The lowest BCUT2D eigenvalue weighted by atomic mass is 10.1. The van der Waals surface area contributed by atoms with Crippen LogP contribution >= 0.6 is 0 Å². The molecule has 0 aliphatic rings.